The van der Waals surface area contributed by atoms with Crippen LogP contribution < -0.4 is 5.32 Å². The Kier molecular flexibility index (Phi) is 2.20. The average Bonchev–Trinajstić information content (AvgIpc) is 2.84. The predicted octanol–water partition coefficient (Wildman–Crippen LogP) is 2.52. The molecule has 0 amide bonds. The van der Waals surface area contributed by atoms with Gasteiger partial charge in [0.25, 0.3) is 0 Å². The van der Waals surface area contributed by atoms with Gasteiger partial charge in [-0.25, -0.2) is 0 Å². The lowest BCUT2D eigenvalue weighted by Crippen LogP contribution is -2.10. The van der Waals surface area contributed by atoms with Crippen LogP contribution in [0.25, 0.3) is 0 Å². The molecule has 64 valence electrons. The molecule has 1 aromatic rings. The molecule has 1 N–H and O–H groups in total. The van der Waals surface area contributed by atoms with Crippen LogP contribution in [-0.2, 0) is 0 Å². The van der Waals surface area contributed by atoms with Gasteiger partial charge in [-0.2, -0.15) is 0 Å². The zero-order chi connectivity index (χ0) is 8.55. The first-order chi connectivity index (χ1) is 5.83. The molecule has 1 aliphatic rings. The smallest absolute Gasteiger partial charge is 0.0210 e. The second-order valence-corrected chi connectivity index (χ2v) is 4.11. The molecule has 1 aromatic carbocycles. The van der Waals surface area contributed by atoms with Crippen LogP contribution in [0.1, 0.15) is 17.9 Å². The average molecular weight is 226 g/mol. The van der Waals surface area contributed by atoms with Crippen LogP contribution in [0.2, 0.25) is 0 Å². The van der Waals surface area contributed by atoms with E-state index >= 15 is 0 Å². The Bertz CT molecular complexity index is 285. The molecule has 0 radical (unpaired) electrons. The largest absolute Gasteiger partial charge is 0.316 e. The van der Waals surface area contributed by atoms with E-state index in [1.807, 2.05) is 7.05 Å². The molecule has 12 heavy (non-hydrogen) atoms. The normalized spacial score (nSPS) is 27.2. The highest BCUT2D eigenvalue weighted by atomic mass is 79.9. The van der Waals surface area contributed by atoms with Crippen molar-refractivity contribution in [1.29, 1.82) is 0 Å². The minimum Gasteiger partial charge on any atom is -0.316 e. The van der Waals surface area contributed by atoms with Gasteiger partial charge in [0.05, 0.1) is 0 Å². The molecule has 1 aliphatic carbocycles. The first-order valence-corrected chi connectivity index (χ1v) is 5.04. The third-order valence-corrected chi connectivity index (χ3v) is 3.19. The van der Waals surface area contributed by atoms with Crippen molar-refractivity contribution in [2.24, 2.45) is 0 Å². The molecule has 0 spiro atoms. The van der Waals surface area contributed by atoms with Crippen molar-refractivity contribution in [3.8, 4) is 0 Å². The molecule has 0 aliphatic heterocycles. The van der Waals surface area contributed by atoms with E-state index in [9.17, 15) is 0 Å². The summed E-state index contributed by atoms with van der Waals surface area (Å²) in [5, 5.41) is 3.29. The number of likely N-dealkylation sites (N-methyl/N-ethyl adjacent to an activating group) is 1. The number of rotatable bonds is 2. The fourth-order valence-electron chi connectivity index (χ4n) is 1.63. The summed E-state index contributed by atoms with van der Waals surface area (Å²) in [5.41, 5.74) is 1.44. The molecular weight excluding hydrogens is 214 g/mol. The summed E-state index contributed by atoms with van der Waals surface area (Å²) in [6.07, 6.45) is 1.28. The zero-order valence-electron chi connectivity index (χ0n) is 7.05. The number of hydrogen-bond acceptors (Lipinski definition) is 1. The van der Waals surface area contributed by atoms with Crippen LogP contribution in [0.5, 0.6) is 0 Å². The van der Waals surface area contributed by atoms with E-state index in [0.717, 1.165) is 5.92 Å². The first-order valence-electron chi connectivity index (χ1n) is 4.24. The maximum absolute atomic E-state index is 3.57. The summed E-state index contributed by atoms with van der Waals surface area (Å²) < 4.78 is 1.24. The molecule has 0 unspecified atom stereocenters. The Hall–Kier alpha value is -0.340. The van der Waals surface area contributed by atoms with Gasteiger partial charge in [-0.1, -0.05) is 34.1 Å². The van der Waals surface area contributed by atoms with Crippen LogP contribution >= 0.6 is 15.9 Å². The number of benzene rings is 1. The quantitative estimate of drug-likeness (QED) is 0.816. The summed E-state index contributed by atoms with van der Waals surface area (Å²) in [6.45, 7) is 0. The minimum atomic E-state index is 0.698. The predicted molar refractivity (Wildman–Crippen MR) is 54.3 cm³/mol. The van der Waals surface area contributed by atoms with Gasteiger partial charge in [-0.3, -0.25) is 0 Å². The molecule has 2 rings (SSSR count). The molecule has 2 atom stereocenters. The fourth-order valence-corrected chi connectivity index (χ4v) is 2.21. The highest BCUT2D eigenvalue weighted by Gasteiger charge is 2.37. The van der Waals surface area contributed by atoms with Gasteiger partial charge >= 0.3 is 0 Å². The van der Waals surface area contributed by atoms with E-state index < -0.39 is 0 Å². The van der Waals surface area contributed by atoms with Gasteiger partial charge in [0, 0.05) is 16.4 Å². The molecule has 0 saturated heterocycles. The lowest BCUT2D eigenvalue weighted by molar-refractivity contribution is 0.782. The molecule has 2 heteroatoms. The van der Waals surface area contributed by atoms with Gasteiger partial charge < -0.3 is 5.32 Å². The highest BCUT2D eigenvalue weighted by molar-refractivity contribution is 9.10. The van der Waals surface area contributed by atoms with Crippen molar-refractivity contribution in [2.75, 3.05) is 7.05 Å². The summed E-state index contributed by atoms with van der Waals surface area (Å²) in [5.74, 6) is 0.727. The van der Waals surface area contributed by atoms with Crippen LogP contribution in [0, 0.1) is 0 Å². The lowest BCUT2D eigenvalue weighted by Gasteiger charge is -2.01. The topological polar surface area (TPSA) is 12.0 Å². The van der Waals surface area contributed by atoms with E-state index in [-0.39, 0.29) is 0 Å². The van der Waals surface area contributed by atoms with Crippen LogP contribution in [0.3, 0.4) is 0 Å². The third kappa shape index (κ3) is 1.41. The van der Waals surface area contributed by atoms with Crippen LogP contribution in [-0.4, -0.2) is 13.1 Å². The lowest BCUT2D eigenvalue weighted by atomic mass is 10.1. The first kappa shape index (κ1) is 8.27. The molecule has 0 bridgehead atoms. The van der Waals surface area contributed by atoms with Crippen molar-refractivity contribution >= 4 is 15.9 Å². The number of nitrogens with one attached hydrogen (secondary N) is 1. The summed E-state index contributed by atoms with van der Waals surface area (Å²) >= 11 is 3.57. The van der Waals surface area contributed by atoms with Gasteiger partial charge in [0.15, 0.2) is 0 Å². The monoisotopic (exact) mass is 225 g/mol. The van der Waals surface area contributed by atoms with E-state index in [1.54, 1.807) is 0 Å². The van der Waals surface area contributed by atoms with Gasteiger partial charge in [0.1, 0.15) is 0 Å². The van der Waals surface area contributed by atoms with Crippen molar-refractivity contribution in [2.45, 2.75) is 18.4 Å². The Morgan fingerprint density at radius 1 is 1.42 bits per heavy atom. The zero-order valence-corrected chi connectivity index (χ0v) is 8.64. The van der Waals surface area contributed by atoms with Crippen molar-refractivity contribution in [3.63, 3.8) is 0 Å². The van der Waals surface area contributed by atoms with Gasteiger partial charge in [0.2, 0.25) is 0 Å². The Balaban J connectivity index is 2.19. The standard InChI is InChI=1S/C10H12BrN/c1-12-10-6-8(10)7-4-2-3-5-9(7)11/h2-5,8,10,12H,6H2,1H3/t8-,10+/m0/s1. The van der Waals surface area contributed by atoms with Crippen molar-refractivity contribution < 1.29 is 0 Å². The number of hydrogen-bond donors (Lipinski definition) is 1. The molecular formula is C10H12BrN. The second-order valence-electron chi connectivity index (χ2n) is 3.26. The van der Waals surface area contributed by atoms with Crippen molar-refractivity contribution in [1.82, 2.24) is 5.32 Å². The van der Waals surface area contributed by atoms with E-state index in [2.05, 4.69) is 45.5 Å². The molecule has 0 heterocycles. The number of halogens is 1. The summed E-state index contributed by atoms with van der Waals surface area (Å²) in [7, 11) is 2.03. The Morgan fingerprint density at radius 2 is 2.17 bits per heavy atom. The molecule has 1 fully saturated rings. The Morgan fingerprint density at radius 3 is 2.75 bits per heavy atom. The highest BCUT2D eigenvalue weighted by Crippen LogP contribution is 2.43. The fraction of sp³-hybridized carbons (Fsp3) is 0.400. The van der Waals surface area contributed by atoms with Crippen LogP contribution in [0.4, 0.5) is 0 Å². The maximum Gasteiger partial charge on any atom is 0.0210 e. The molecule has 1 nitrogen and oxygen atoms in total. The second kappa shape index (κ2) is 3.19. The Labute approximate surface area is 81.3 Å². The summed E-state index contributed by atoms with van der Waals surface area (Å²) in [4.78, 5) is 0. The van der Waals surface area contributed by atoms with E-state index in [0.29, 0.717) is 6.04 Å². The van der Waals surface area contributed by atoms with Crippen LogP contribution in [0.15, 0.2) is 28.7 Å². The minimum absolute atomic E-state index is 0.698. The summed E-state index contributed by atoms with van der Waals surface area (Å²) in [6, 6.07) is 9.17. The SMILES string of the molecule is CN[C@@H]1C[C@H]1c1ccccc1Br. The maximum atomic E-state index is 3.57. The van der Waals surface area contributed by atoms with Crippen molar-refractivity contribution in [3.05, 3.63) is 34.3 Å². The van der Waals surface area contributed by atoms with Gasteiger partial charge in [-0.05, 0) is 25.1 Å². The molecule has 0 aromatic heterocycles. The van der Waals surface area contributed by atoms with E-state index in [1.165, 1.54) is 16.5 Å². The third-order valence-electron chi connectivity index (χ3n) is 2.47. The van der Waals surface area contributed by atoms with E-state index in [4.69, 9.17) is 0 Å². The molecule has 1 saturated carbocycles. The van der Waals surface area contributed by atoms with Gasteiger partial charge in [-0.15, -0.1) is 0 Å².